The van der Waals surface area contributed by atoms with E-state index in [0.717, 1.165) is 32.4 Å². The molecule has 22 heavy (non-hydrogen) atoms. The molecule has 3 heteroatoms. The Bertz CT molecular complexity index is 520. The highest BCUT2D eigenvalue weighted by atomic mass is 16.2. The molecule has 0 aliphatic carbocycles. The smallest absolute Gasteiger partial charge is 0.225 e. The van der Waals surface area contributed by atoms with Crippen molar-refractivity contribution >= 4 is 5.91 Å². The van der Waals surface area contributed by atoms with Crippen molar-refractivity contribution in [1.29, 1.82) is 0 Å². The van der Waals surface area contributed by atoms with Gasteiger partial charge < -0.3 is 10.6 Å². The summed E-state index contributed by atoms with van der Waals surface area (Å²) in [5.74, 6) is 0.904. The predicted octanol–water partition coefficient (Wildman–Crippen LogP) is 3.66. The molecule has 0 spiro atoms. The summed E-state index contributed by atoms with van der Waals surface area (Å²) < 4.78 is 0. The molecule has 1 aliphatic heterocycles. The maximum absolute atomic E-state index is 12.6. The number of carbonyl (C=O) groups excluding carboxylic acids is 1. The second kappa shape index (κ2) is 7.28. The quantitative estimate of drug-likeness (QED) is 0.902. The van der Waals surface area contributed by atoms with Crippen LogP contribution in [0, 0.1) is 11.8 Å². The van der Waals surface area contributed by atoms with E-state index in [1.807, 2.05) is 4.90 Å². The number of hydrogen-bond donors (Lipinski definition) is 1. The third-order valence-electron chi connectivity index (χ3n) is 4.99. The van der Waals surface area contributed by atoms with Gasteiger partial charge in [-0.2, -0.15) is 0 Å². The lowest BCUT2D eigenvalue weighted by molar-refractivity contribution is -0.136. The van der Waals surface area contributed by atoms with Crippen LogP contribution in [-0.2, 0) is 17.8 Å². The zero-order valence-corrected chi connectivity index (χ0v) is 14.4. The van der Waals surface area contributed by atoms with Gasteiger partial charge in [-0.15, -0.1) is 0 Å². The fraction of sp³-hybridized carbons (Fsp3) is 0.632. The van der Waals surface area contributed by atoms with Crippen molar-refractivity contribution in [1.82, 2.24) is 4.90 Å². The maximum atomic E-state index is 12.6. The topological polar surface area (TPSA) is 46.3 Å². The third kappa shape index (κ3) is 3.52. The Morgan fingerprint density at radius 1 is 1.23 bits per heavy atom. The highest BCUT2D eigenvalue weighted by molar-refractivity contribution is 5.79. The van der Waals surface area contributed by atoms with E-state index < -0.39 is 0 Å². The molecule has 1 aromatic carbocycles. The third-order valence-corrected chi connectivity index (χ3v) is 4.99. The Morgan fingerprint density at radius 2 is 1.91 bits per heavy atom. The van der Waals surface area contributed by atoms with Crippen molar-refractivity contribution in [3.05, 3.63) is 34.9 Å². The molecule has 2 N–H and O–H groups in total. The molecule has 122 valence electrons. The Kier molecular flexibility index (Phi) is 5.63. The standard InChI is InChI=1S/C19H30N2O/c1-5-14(6-2)19(22)21-10-9-15-7-8-16(11-17(15)12-21)18(20)13(3)4/h7-8,11,13-14,18H,5-6,9-10,12,20H2,1-4H3. The van der Waals surface area contributed by atoms with Crippen LogP contribution in [0.5, 0.6) is 0 Å². The first-order chi connectivity index (χ1) is 10.5. The van der Waals surface area contributed by atoms with Crippen LogP contribution in [-0.4, -0.2) is 17.4 Å². The number of fused-ring (bicyclic) bond motifs is 1. The minimum Gasteiger partial charge on any atom is -0.338 e. The lowest BCUT2D eigenvalue weighted by atomic mass is 9.90. The van der Waals surface area contributed by atoms with E-state index in [0.29, 0.717) is 11.8 Å². The maximum Gasteiger partial charge on any atom is 0.225 e. The summed E-state index contributed by atoms with van der Waals surface area (Å²) in [6.45, 7) is 10.1. The Balaban J connectivity index is 2.18. The highest BCUT2D eigenvalue weighted by Crippen LogP contribution is 2.26. The molecular formula is C19H30N2O. The molecule has 2 rings (SSSR count). The fourth-order valence-electron chi connectivity index (χ4n) is 3.25. The van der Waals surface area contributed by atoms with E-state index in [2.05, 4.69) is 45.9 Å². The van der Waals surface area contributed by atoms with Gasteiger partial charge in [0.05, 0.1) is 0 Å². The number of rotatable bonds is 5. The number of carbonyl (C=O) groups is 1. The normalized spacial score (nSPS) is 16.0. The molecule has 1 heterocycles. The summed E-state index contributed by atoms with van der Waals surface area (Å²) >= 11 is 0. The van der Waals surface area contributed by atoms with Crippen LogP contribution in [0.15, 0.2) is 18.2 Å². The van der Waals surface area contributed by atoms with Crippen molar-refractivity contribution in [3.8, 4) is 0 Å². The highest BCUT2D eigenvalue weighted by Gasteiger charge is 2.25. The molecule has 3 nitrogen and oxygen atoms in total. The average Bonchev–Trinajstić information content (AvgIpc) is 2.53. The molecule has 0 saturated heterocycles. The fourth-order valence-corrected chi connectivity index (χ4v) is 3.25. The first kappa shape index (κ1) is 17.0. The second-order valence-corrected chi connectivity index (χ2v) is 6.82. The molecule has 1 atom stereocenters. The number of hydrogen-bond acceptors (Lipinski definition) is 2. The van der Waals surface area contributed by atoms with E-state index >= 15 is 0 Å². The number of nitrogens with zero attached hydrogens (tertiary/aromatic N) is 1. The minimum absolute atomic E-state index is 0.0652. The molecule has 1 amide bonds. The summed E-state index contributed by atoms with van der Waals surface area (Å²) in [5, 5.41) is 0. The van der Waals surface area contributed by atoms with Crippen molar-refractivity contribution in [3.63, 3.8) is 0 Å². The molecule has 0 saturated carbocycles. The van der Waals surface area contributed by atoms with Crippen LogP contribution in [0.25, 0.3) is 0 Å². The van der Waals surface area contributed by atoms with Gasteiger partial charge in [0.1, 0.15) is 0 Å². The van der Waals surface area contributed by atoms with E-state index in [1.54, 1.807) is 0 Å². The Labute approximate surface area is 134 Å². The van der Waals surface area contributed by atoms with Crippen LogP contribution in [0.4, 0.5) is 0 Å². The molecule has 0 bridgehead atoms. The zero-order chi connectivity index (χ0) is 16.3. The van der Waals surface area contributed by atoms with E-state index in [9.17, 15) is 4.79 Å². The van der Waals surface area contributed by atoms with Gasteiger partial charge in [0.2, 0.25) is 5.91 Å². The summed E-state index contributed by atoms with van der Waals surface area (Å²) in [6, 6.07) is 6.63. The van der Waals surface area contributed by atoms with Crippen molar-refractivity contribution in [2.75, 3.05) is 6.54 Å². The number of nitrogens with two attached hydrogens (primary N) is 1. The minimum atomic E-state index is 0.0652. The van der Waals surface area contributed by atoms with Crippen LogP contribution < -0.4 is 5.73 Å². The molecule has 0 radical (unpaired) electrons. The molecule has 0 aromatic heterocycles. The van der Waals surface area contributed by atoms with Gasteiger partial charge in [0, 0.05) is 25.0 Å². The number of benzene rings is 1. The predicted molar refractivity (Wildman–Crippen MR) is 91.4 cm³/mol. The van der Waals surface area contributed by atoms with Gasteiger partial charge in [-0.25, -0.2) is 0 Å². The van der Waals surface area contributed by atoms with E-state index in [-0.39, 0.29) is 12.0 Å². The van der Waals surface area contributed by atoms with Crippen LogP contribution in [0.3, 0.4) is 0 Å². The largest absolute Gasteiger partial charge is 0.338 e. The van der Waals surface area contributed by atoms with Crippen LogP contribution in [0.1, 0.15) is 63.3 Å². The first-order valence-electron chi connectivity index (χ1n) is 8.63. The van der Waals surface area contributed by atoms with Gasteiger partial charge in [0.15, 0.2) is 0 Å². The zero-order valence-electron chi connectivity index (χ0n) is 14.4. The van der Waals surface area contributed by atoms with Gasteiger partial charge in [0.25, 0.3) is 0 Å². The van der Waals surface area contributed by atoms with Crippen LogP contribution in [0.2, 0.25) is 0 Å². The van der Waals surface area contributed by atoms with Gasteiger partial charge in [-0.1, -0.05) is 45.9 Å². The molecular weight excluding hydrogens is 272 g/mol. The molecule has 1 aliphatic rings. The summed E-state index contributed by atoms with van der Waals surface area (Å²) in [6.07, 6.45) is 2.81. The average molecular weight is 302 g/mol. The van der Waals surface area contributed by atoms with Crippen LogP contribution >= 0.6 is 0 Å². The lowest BCUT2D eigenvalue weighted by Gasteiger charge is -2.32. The summed E-state index contributed by atoms with van der Waals surface area (Å²) in [7, 11) is 0. The van der Waals surface area contributed by atoms with Gasteiger partial charge >= 0.3 is 0 Å². The molecule has 0 fully saturated rings. The van der Waals surface area contributed by atoms with E-state index in [1.165, 1.54) is 16.7 Å². The summed E-state index contributed by atoms with van der Waals surface area (Å²) in [5.41, 5.74) is 10.1. The van der Waals surface area contributed by atoms with Gasteiger partial charge in [-0.05, 0) is 41.9 Å². The first-order valence-corrected chi connectivity index (χ1v) is 8.63. The Morgan fingerprint density at radius 3 is 2.50 bits per heavy atom. The Hall–Kier alpha value is -1.35. The monoisotopic (exact) mass is 302 g/mol. The lowest BCUT2D eigenvalue weighted by Crippen LogP contribution is -2.39. The van der Waals surface area contributed by atoms with E-state index in [4.69, 9.17) is 5.73 Å². The van der Waals surface area contributed by atoms with Crippen molar-refractivity contribution < 1.29 is 4.79 Å². The van der Waals surface area contributed by atoms with Gasteiger partial charge in [-0.3, -0.25) is 4.79 Å². The number of amides is 1. The van der Waals surface area contributed by atoms with Crippen molar-refractivity contribution in [2.24, 2.45) is 17.6 Å². The van der Waals surface area contributed by atoms with Crippen molar-refractivity contribution in [2.45, 2.75) is 59.5 Å². The molecule has 1 unspecified atom stereocenters. The second-order valence-electron chi connectivity index (χ2n) is 6.82. The summed E-state index contributed by atoms with van der Waals surface area (Å²) in [4.78, 5) is 14.6. The SMILES string of the molecule is CCC(CC)C(=O)N1CCc2ccc(C(N)C(C)C)cc2C1. The molecule has 1 aromatic rings.